The van der Waals surface area contributed by atoms with Gasteiger partial charge in [-0.1, -0.05) is 6.08 Å². The summed E-state index contributed by atoms with van der Waals surface area (Å²) in [6, 6.07) is 0. The van der Waals surface area contributed by atoms with E-state index in [-0.39, 0.29) is 24.0 Å². The molecule has 0 aromatic rings. The van der Waals surface area contributed by atoms with Crippen LogP contribution in [-0.2, 0) is 9.53 Å². The predicted octanol–water partition coefficient (Wildman–Crippen LogP) is 0.272. The summed E-state index contributed by atoms with van der Waals surface area (Å²) in [5.41, 5.74) is 5.63. The molecule has 0 spiro atoms. The summed E-state index contributed by atoms with van der Waals surface area (Å²) in [6.45, 7) is 10.7. The van der Waals surface area contributed by atoms with Crippen LogP contribution in [0.3, 0.4) is 0 Å². The van der Waals surface area contributed by atoms with Crippen molar-refractivity contribution in [1.82, 2.24) is 15.1 Å². The van der Waals surface area contributed by atoms with E-state index < -0.39 is 11.5 Å². The second-order valence-electron chi connectivity index (χ2n) is 9.02. The lowest BCUT2D eigenvalue weighted by atomic mass is 9.70. The Morgan fingerprint density at radius 2 is 2.04 bits per heavy atom. The molecule has 3 atom stereocenters. The van der Waals surface area contributed by atoms with Gasteiger partial charge in [0.25, 0.3) is 0 Å². The highest BCUT2D eigenvalue weighted by Crippen LogP contribution is 2.50. The zero-order valence-corrected chi connectivity index (χ0v) is 17.0. The molecule has 7 heteroatoms. The largest absolute Gasteiger partial charge is 0.490 e. The van der Waals surface area contributed by atoms with Crippen molar-refractivity contribution in [2.45, 2.75) is 38.9 Å². The molecule has 0 saturated carbocycles. The van der Waals surface area contributed by atoms with Gasteiger partial charge >= 0.3 is 0 Å². The highest BCUT2D eigenvalue weighted by molar-refractivity contribution is 5.85. The minimum atomic E-state index is -0.723. The number of carbonyl (C=O) groups is 1. The molecule has 3 aliphatic rings. The number of aliphatic hydroxyl groups is 1. The standard InChI is InChI=1S/C20H34N4O3/c1-19(2)11-15-17(27-19)16(21)5-6-20(15,3)18(26)22-12-14(25)13-24-9-7-23(4)8-10-24/h5-6,14-15,25H,7-13,21H2,1-4H3,(H,22,26)/t14-,15?,20?/m1/s1. The van der Waals surface area contributed by atoms with Crippen LogP contribution < -0.4 is 11.1 Å². The number of nitrogens with two attached hydrogens (primary N) is 1. The minimum Gasteiger partial charge on any atom is -0.490 e. The number of piperazine rings is 1. The third kappa shape index (κ3) is 4.31. The maximum absolute atomic E-state index is 13.0. The van der Waals surface area contributed by atoms with Gasteiger partial charge in [-0.2, -0.15) is 0 Å². The van der Waals surface area contributed by atoms with Crippen molar-refractivity contribution in [3.8, 4) is 0 Å². The Balaban J connectivity index is 1.57. The first-order chi connectivity index (χ1) is 12.6. The second kappa shape index (κ2) is 7.45. The molecule has 1 aliphatic carbocycles. The summed E-state index contributed by atoms with van der Waals surface area (Å²) in [5.74, 6) is 0.554. The van der Waals surface area contributed by atoms with Crippen LogP contribution in [0.2, 0.25) is 0 Å². The fourth-order valence-corrected chi connectivity index (χ4v) is 4.23. The molecule has 2 aliphatic heterocycles. The summed E-state index contributed by atoms with van der Waals surface area (Å²) in [5, 5.41) is 13.3. The summed E-state index contributed by atoms with van der Waals surface area (Å²) < 4.78 is 6.01. The maximum Gasteiger partial charge on any atom is 0.230 e. The summed E-state index contributed by atoms with van der Waals surface area (Å²) in [7, 11) is 2.11. The first kappa shape index (κ1) is 20.2. The smallest absolute Gasteiger partial charge is 0.230 e. The molecule has 2 unspecified atom stereocenters. The number of likely N-dealkylation sites (N-methyl/N-ethyl adjacent to an activating group) is 1. The summed E-state index contributed by atoms with van der Waals surface area (Å²) in [4.78, 5) is 17.5. The third-order valence-electron chi connectivity index (χ3n) is 6.07. The van der Waals surface area contributed by atoms with Crippen LogP contribution in [-0.4, -0.2) is 78.8 Å². The number of nitrogens with zero attached hydrogens (tertiary/aromatic N) is 2. The van der Waals surface area contributed by atoms with E-state index in [1.165, 1.54) is 0 Å². The lowest BCUT2D eigenvalue weighted by molar-refractivity contribution is -0.130. The average molecular weight is 379 g/mol. The van der Waals surface area contributed by atoms with Crippen LogP contribution in [0.1, 0.15) is 27.2 Å². The van der Waals surface area contributed by atoms with Crippen molar-refractivity contribution in [1.29, 1.82) is 0 Å². The third-order valence-corrected chi connectivity index (χ3v) is 6.07. The number of rotatable bonds is 5. The molecule has 2 heterocycles. The number of hydrogen-bond donors (Lipinski definition) is 3. The highest BCUT2D eigenvalue weighted by atomic mass is 16.5. The number of hydrogen-bond acceptors (Lipinski definition) is 6. The first-order valence-corrected chi connectivity index (χ1v) is 9.86. The second-order valence-corrected chi connectivity index (χ2v) is 9.02. The van der Waals surface area contributed by atoms with Crippen molar-refractivity contribution in [2.75, 3.05) is 46.3 Å². The van der Waals surface area contributed by atoms with Crippen molar-refractivity contribution in [3.05, 3.63) is 23.6 Å². The fraction of sp³-hybridized carbons (Fsp3) is 0.750. The molecule has 0 radical (unpaired) electrons. The van der Waals surface area contributed by atoms with E-state index >= 15 is 0 Å². The molecule has 4 N–H and O–H groups in total. The number of allylic oxidation sites excluding steroid dienone is 2. The lowest BCUT2D eigenvalue weighted by Gasteiger charge is -2.35. The van der Waals surface area contributed by atoms with Gasteiger partial charge in [0.1, 0.15) is 11.4 Å². The van der Waals surface area contributed by atoms with Crippen LogP contribution in [0.15, 0.2) is 23.6 Å². The normalized spacial score (nSPS) is 32.1. The zero-order chi connectivity index (χ0) is 19.8. The van der Waals surface area contributed by atoms with E-state index in [2.05, 4.69) is 22.2 Å². The van der Waals surface area contributed by atoms with Crippen molar-refractivity contribution in [2.24, 2.45) is 17.1 Å². The molecule has 2 saturated heterocycles. The van der Waals surface area contributed by atoms with E-state index in [0.29, 0.717) is 12.2 Å². The molecule has 1 amide bonds. The van der Waals surface area contributed by atoms with Crippen molar-refractivity contribution < 1.29 is 14.6 Å². The molecular weight excluding hydrogens is 344 g/mol. The number of β-amino-alcohol motifs (C(OH)–C–C–N with tert-alkyl or cyclic N) is 1. The Morgan fingerprint density at radius 3 is 2.70 bits per heavy atom. The molecule has 0 bridgehead atoms. The molecule has 27 heavy (non-hydrogen) atoms. The van der Waals surface area contributed by atoms with Gasteiger partial charge in [-0.25, -0.2) is 0 Å². The Labute approximate surface area is 162 Å². The Kier molecular flexibility index (Phi) is 5.57. The lowest BCUT2D eigenvalue weighted by Crippen LogP contribution is -2.50. The molecule has 0 aromatic heterocycles. The number of carbonyl (C=O) groups excluding carboxylic acids is 1. The van der Waals surface area contributed by atoms with Gasteiger partial charge in [-0.3, -0.25) is 9.69 Å². The Bertz CT molecular complexity index is 637. The van der Waals surface area contributed by atoms with Crippen LogP contribution in [0.25, 0.3) is 0 Å². The van der Waals surface area contributed by atoms with E-state index in [1.807, 2.05) is 26.8 Å². The maximum atomic E-state index is 13.0. The topological polar surface area (TPSA) is 91.1 Å². The van der Waals surface area contributed by atoms with Gasteiger partial charge in [0, 0.05) is 45.2 Å². The zero-order valence-electron chi connectivity index (χ0n) is 17.0. The van der Waals surface area contributed by atoms with Gasteiger partial charge < -0.3 is 25.8 Å². The SMILES string of the molecule is CN1CCN(C[C@H](O)CNC(=O)C2(C)C=CC(N)=C3OC(C)(C)CC32)CC1. The first-order valence-electron chi connectivity index (χ1n) is 9.86. The van der Waals surface area contributed by atoms with Gasteiger partial charge in [0.05, 0.1) is 17.2 Å². The molecule has 7 nitrogen and oxygen atoms in total. The van der Waals surface area contributed by atoms with Gasteiger partial charge in [0.15, 0.2) is 0 Å². The number of amides is 1. The number of nitrogens with one attached hydrogen (secondary N) is 1. The monoisotopic (exact) mass is 378 g/mol. The molecule has 152 valence electrons. The van der Waals surface area contributed by atoms with E-state index in [4.69, 9.17) is 10.5 Å². The van der Waals surface area contributed by atoms with Crippen LogP contribution in [0.4, 0.5) is 0 Å². The van der Waals surface area contributed by atoms with Gasteiger partial charge in [0.2, 0.25) is 5.91 Å². The molecule has 3 rings (SSSR count). The van der Waals surface area contributed by atoms with E-state index in [1.54, 1.807) is 6.08 Å². The summed E-state index contributed by atoms with van der Waals surface area (Å²) >= 11 is 0. The number of fused-ring (bicyclic) bond motifs is 1. The highest BCUT2D eigenvalue weighted by Gasteiger charge is 2.52. The molecule has 2 fully saturated rings. The van der Waals surface area contributed by atoms with Crippen LogP contribution in [0, 0.1) is 11.3 Å². The van der Waals surface area contributed by atoms with E-state index in [0.717, 1.165) is 38.4 Å². The van der Waals surface area contributed by atoms with Crippen LogP contribution in [0.5, 0.6) is 0 Å². The Morgan fingerprint density at radius 1 is 1.37 bits per heavy atom. The Hall–Kier alpha value is -1.57. The van der Waals surface area contributed by atoms with Gasteiger partial charge in [-0.05, 0) is 40.3 Å². The predicted molar refractivity (Wildman–Crippen MR) is 105 cm³/mol. The number of aliphatic hydroxyl groups excluding tert-OH is 1. The number of ether oxygens (including phenoxy) is 1. The van der Waals surface area contributed by atoms with Gasteiger partial charge in [-0.15, -0.1) is 0 Å². The minimum absolute atomic E-state index is 0.0766. The molecule has 0 aromatic carbocycles. The van der Waals surface area contributed by atoms with E-state index in [9.17, 15) is 9.90 Å². The summed E-state index contributed by atoms with van der Waals surface area (Å²) in [6.07, 6.45) is 3.81. The fourth-order valence-electron chi connectivity index (χ4n) is 4.23. The molecular formula is C20H34N4O3. The van der Waals surface area contributed by atoms with Crippen molar-refractivity contribution in [3.63, 3.8) is 0 Å². The average Bonchev–Trinajstić information content (AvgIpc) is 2.95. The van der Waals surface area contributed by atoms with Crippen molar-refractivity contribution >= 4 is 5.91 Å². The van der Waals surface area contributed by atoms with Crippen LogP contribution >= 0.6 is 0 Å². The quantitative estimate of drug-likeness (QED) is 0.636.